The van der Waals surface area contributed by atoms with E-state index >= 15 is 0 Å². The number of hydrogen-bond donors (Lipinski definition) is 1. The summed E-state index contributed by atoms with van der Waals surface area (Å²) in [4.78, 5) is 31.6. The Labute approximate surface area is 193 Å². The number of carbonyl (C=O) groups is 2. The molecule has 0 saturated carbocycles. The molecule has 2 heterocycles. The van der Waals surface area contributed by atoms with Crippen LogP contribution in [0.5, 0.6) is 11.5 Å². The van der Waals surface area contributed by atoms with Crippen LogP contribution in [0.15, 0.2) is 73.1 Å². The second-order valence-corrected chi connectivity index (χ2v) is 7.89. The lowest BCUT2D eigenvalue weighted by Crippen LogP contribution is -2.60. The third-order valence-corrected chi connectivity index (χ3v) is 5.73. The summed E-state index contributed by atoms with van der Waals surface area (Å²) in [5.41, 5.74) is 3.12. The Morgan fingerprint density at radius 1 is 1.06 bits per heavy atom. The van der Waals surface area contributed by atoms with Crippen molar-refractivity contribution in [1.29, 1.82) is 0 Å². The minimum absolute atomic E-state index is 0.155. The van der Waals surface area contributed by atoms with Gasteiger partial charge in [0.05, 0.1) is 7.11 Å². The van der Waals surface area contributed by atoms with Crippen LogP contribution in [0, 0.1) is 0 Å². The number of benzene rings is 2. The second kappa shape index (κ2) is 10.2. The number of methoxy groups -OCH3 is 1. The van der Waals surface area contributed by atoms with Gasteiger partial charge in [-0.05, 0) is 47.9 Å². The number of nitrogens with zero attached hydrogens (tertiary/aromatic N) is 2. The maximum absolute atomic E-state index is 13.3. The molecule has 0 bridgehead atoms. The number of aromatic nitrogens is 1. The topological polar surface area (TPSA) is 80.8 Å². The zero-order valence-corrected chi connectivity index (χ0v) is 18.7. The number of para-hydroxylation sites is 2. The van der Waals surface area contributed by atoms with Gasteiger partial charge in [-0.25, -0.2) is 0 Å². The predicted octanol–water partition coefficient (Wildman–Crippen LogP) is 3.09. The zero-order chi connectivity index (χ0) is 23.2. The molecule has 170 valence electrons. The van der Waals surface area contributed by atoms with E-state index in [0.29, 0.717) is 31.0 Å². The van der Waals surface area contributed by atoms with E-state index in [-0.39, 0.29) is 11.8 Å². The van der Waals surface area contributed by atoms with Crippen LogP contribution >= 0.6 is 0 Å². The van der Waals surface area contributed by atoms with E-state index in [1.807, 2.05) is 48.5 Å². The molecular weight excluding hydrogens is 418 g/mol. The van der Waals surface area contributed by atoms with Crippen LogP contribution in [0.2, 0.25) is 0 Å². The number of nitrogens with one attached hydrogen (secondary N) is 1. The largest absolute Gasteiger partial charge is 0.493 e. The molecule has 1 saturated heterocycles. The molecule has 1 fully saturated rings. The highest BCUT2D eigenvalue weighted by Gasteiger charge is 2.36. The average Bonchev–Trinajstić information content (AvgIpc) is 2.86. The molecule has 0 radical (unpaired) electrons. The van der Waals surface area contributed by atoms with Gasteiger partial charge in [-0.2, -0.15) is 0 Å². The molecule has 1 aliphatic rings. The summed E-state index contributed by atoms with van der Waals surface area (Å²) in [7, 11) is 1.56. The highest BCUT2D eigenvalue weighted by molar-refractivity contribution is 5.90. The van der Waals surface area contributed by atoms with Crippen molar-refractivity contribution >= 4 is 11.8 Å². The average molecular weight is 446 g/mol. The maximum Gasteiger partial charge on any atom is 0.264 e. The SMILES string of the molecule is COc1ccccc1O[C@@H](C)C(=O)N1CCNC(=O)[C@@H]1Cc1ccc(-c2ccncc2)cc1. The smallest absolute Gasteiger partial charge is 0.264 e. The summed E-state index contributed by atoms with van der Waals surface area (Å²) in [5, 5.41) is 2.88. The third-order valence-electron chi connectivity index (χ3n) is 5.73. The third kappa shape index (κ3) is 5.14. The molecule has 1 aliphatic heterocycles. The first-order valence-electron chi connectivity index (χ1n) is 10.9. The van der Waals surface area contributed by atoms with Crippen molar-refractivity contribution in [3.05, 3.63) is 78.6 Å². The van der Waals surface area contributed by atoms with Crippen LogP contribution in [-0.2, 0) is 16.0 Å². The Morgan fingerprint density at radius 2 is 1.73 bits per heavy atom. The fourth-order valence-electron chi connectivity index (χ4n) is 3.97. The molecule has 3 aromatic rings. The van der Waals surface area contributed by atoms with Crippen LogP contribution in [0.3, 0.4) is 0 Å². The Hall–Kier alpha value is -3.87. The first-order valence-corrected chi connectivity index (χ1v) is 10.9. The molecule has 4 rings (SSSR count). The number of carbonyl (C=O) groups excluding carboxylic acids is 2. The normalized spacial score (nSPS) is 16.6. The Morgan fingerprint density at radius 3 is 2.42 bits per heavy atom. The van der Waals surface area contributed by atoms with Crippen molar-refractivity contribution < 1.29 is 19.1 Å². The minimum Gasteiger partial charge on any atom is -0.493 e. The fraction of sp³-hybridized carbons (Fsp3) is 0.269. The van der Waals surface area contributed by atoms with Gasteiger partial charge in [0.15, 0.2) is 17.6 Å². The van der Waals surface area contributed by atoms with Gasteiger partial charge < -0.3 is 19.7 Å². The van der Waals surface area contributed by atoms with Crippen LogP contribution in [0.25, 0.3) is 11.1 Å². The first kappa shape index (κ1) is 22.3. The zero-order valence-electron chi connectivity index (χ0n) is 18.7. The number of rotatable bonds is 7. The van der Waals surface area contributed by atoms with E-state index in [1.165, 1.54) is 0 Å². The number of hydrogen-bond acceptors (Lipinski definition) is 5. The molecule has 33 heavy (non-hydrogen) atoms. The fourth-order valence-corrected chi connectivity index (χ4v) is 3.97. The standard InChI is InChI=1S/C26H27N3O4/c1-18(33-24-6-4-3-5-23(24)32-2)26(31)29-16-15-28-25(30)22(29)17-19-7-9-20(10-8-19)21-11-13-27-14-12-21/h3-14,18,22H,15-17H2,1-2H3,(H,28,30)/t18-,22-/m0/s1. The quantitative estimate of drug-likeness (QED) is 0.605. The molecule has 0 spiro atoms. The summed E-state index contributed by atoms with van der Waals surface area (Å²) < 4.78 is 11.2. The molecule has 2 amide bonds. The Balaban J connectivity index is 1.48. The molecule has 0 aliphatic carbocycles. The van der Waals surface area contributed by atoms with E-state index < -0.39 is 12.1 Å². The van der Waals surface area contributed by atoms with Gasteiger partial charge in [0.1, 0.15) is 6.04 Å². The van der Waals surface area contributed by atoms with E-state index in [0.717, 1.165) is 16.7 Å². The lowest BCUT2D eigenvalue weighted by Gasteiger charge is -2.36. The van der Waals surface area contributed by atoms with Gasteiger partial charge in [0, 0.05) is 31.9 Å². The molecule has 1 N–H and O–H groups in total. The number of piperazine rings is 1. The lowest BCUT2D eigenvalue weighted by molar-refractivity contribution is -0.147. The van der Waals surface area contributed by atoms with Crippen LogP contribution in [-0.4, -0.2) is 54.0 Å². The summed E-state index contributed by atoms with van der Waals surface area (Å²) in [6.45, 7) is 2.55. The monoisotopic (exact) mass is 445 g/mol. The number of ether oxygens (including phenoxy) is 2. The molecule has 7 nitrogen and oxygen atoms in total. The highest BCUT2D eigenvalue weighted by Crippen LogP contribution is 2.27. The summed E-state index contributed by atoms with van der Waals surface area (Å²) in [5.74, 6) is 0.663. The van der Waals surface area contributed by atoms with Crippen molar-refractivity contribution in [3.8, 4) is 22.6 Å². The van der Waals surface area contributed by atoms with E-state index in [1.54, 1.807) is 43.5 Å². The van der Waals surface area contributed by atoms with E-state index in [2.05, 4.69) is 10.3 Å². The first-order chi connectivity index (χ1) is 16.1. The second-order valence-electron chi connectivity index (χ2n) is 7.89. The van der Waals surface area contributed by atoms with Crippen LogP contribution in [0.1, 0.15) is 12.5 Å². The number of pyridine rings is 1. The Kier molecular flexibility index (Phi) is 6.88. The van der Waals surface area contributed by atoms with Crippen LogP contribution in [0.4, 0.5) is 0 Å². The minimum atomic E-state index is -0.760. The van der Waals surface area contributed by atoms with E-state index in [9.17, 15) is 9.59 Å². The van der Waals surface area contributed by atoms with Gasteiger partial charge in [-0.3, -0.25) is 14.6 Å². The van der Waals surface area contributed by atoms with Gasteiger partial charge in [-0.15, -0.1) is 0 Å². The highest BCUT2D eigenvalue weighted by atomic mass is 16.5. The maximum atomic E-state index is 13.3. The summed E-state index contributed by atoms with van der Waals surface area (Å²) >= 11 is 0. The van der Waals surface area contributed by atoms with Crippen molar-refractivity contribution in [2.75, 3.05) is 20.2 Å². The molecule has 2 atom stereocenters. The van der Waals surface area contributed by atoms with Gasteiger partial charge >= 0.3 is 0 Å². The van der Waals surface area contributed by atoms with Gasteiger partial charge in [0.2, 0.25) is 5.91 Å². The Bertz CT molecular complexity index is 1100. The van der Waals surface area contributed by atoms with Crippen LogP contribution < -0.4 is 14.8 Å². The van der Waals surface area contributed by atoms with Gasteiger partial charge in [-0.1, -0.05) is 36.4 Å². The molecule has 2 aromatic carbocycles. The molecule has 1 aromatic heterocycles. The van der Waals surface area contributed by atoms with Crippen molar-refractivity contribution in [1.82, 2.24) is 15.2 Å². The van der Waals surface area contributed by atoms with Crippen molar-refractivity contribution in [2.45, 2.75) is 25.5 Å². The van der Waals surface area contributed by atoms with E-state index in [4.69, 9.17) is 9.47 Å². The number of amides is 2. The molecule has 7 heteroatoms. The molecular formula is C26H27N3O4. The van der Waals surface area contributed by atoms with Crippen molar-refractivity contribution in [2.24, 2.45) is 0 Å². The summed E-state index contributed by atoms with van der Waals surface area (Å²) in [6, 6.07) is 18.5. The molecule has 0 unspecified atom stereocenters. The van der Waals surface area contributed by atoms with Gasteiger partial charge in [0.25, 0.3) is 5.91 Å². The predicted molar refractivity (Wildman–Crippen MR) is 125 cm³/mol. The van der Waals surface area contributed by atoms with Crippen molar-refractivity contribution in [3.63, 3.8) is 0 Å². The lowest BCUT2D eigenvalue weighted by atomic mass is 9.99. The summed E-state index contributed by atoms with van der Waals surface area (Å²) in [6.07, 6.45) is 3.18.